The molecule has 0 bridgehead atoms. The van der Waals surface area contributed by atoms with Crippen molar-refractivity contribution in [1.29, 1.82) is 0 Å². The fraction of sp³-hybridized carbons (Fsp3) is 0.529. The normalized spacial score (nSPS) is 18.0. The topological polar surface area (TPSA) is 81.8 Å². The predicted octanol–water partition coefficient (Wildman–Crippen LogP) is 0.595. The second kappa shape index (κ2) is 6.59. The van der Waals surface area contributed by atoms with Crippen LogP contribution in [0.2, 0.25) is 0 Å². The monoisotopic (exact) mass is 329 g/mol. The summed E-state index contributed by atoms with van der Waals surface area (Å²) in [4.78, 5) is 24.3. The van der Waals surface area contributed by atoms with Gasteiger partial charge < -0.3 is 5.32 Å². The molecular weight excluding hydrogens is 306 g/mol. The maximum atomic E-state index is 12.5. The number of amides is 1. The first-order chi connectivity index (χ1) is 11.4. The van der Waals surface area contributed by atoms with Gasteiger partial charge >= 0.3 is 0 Å². The van der Waals surface area contributed by atoms with Gasteiger partial charge in [0.2, 0.25) is 5.91 Å². The van der Waals surface area contributed by atoms with E-state index in [2.05, 4.69) is 15.5 Å². The van der Waals surface area contributed by atoms with Crippen molar-refractivity contribution >= 4 is 5.91 Å². The lowest BCUT2D eigenvalue weighted by Crippen LogP contribution is -2.41. The molecule has 2 aromatic rings. The first-order valence-corrected chi connectivity index (χ1v) is 8.29. The Hall–Kier alpha value is -2.44. The maximum Gasteiger partial charge on any atom is 0.266 e. The van der Waals surface area contributed by atoms with Crippen molar-refractivity contribution in [2.75, 3.05) is 0 Å². The summed E-state index contributed by atoms with van der Waals surface area (Å²) < 4.78 is 3.19. The number of fused-ring (bicyclic) bond motifs is 1. The zero-order chi connectivity index (χ0) is 17.3. The molecule has 2 atom stereocenters. The van der Waals surface area contributed by atoms with Crippen LogP contribution >= 0.6 is 0 Å². The Kier molecular flexibility index (Phi) is 4.51. The van der Waals surface area contributed by atoms with Crippen LogP contribution < -0.4 is 10.9 Å². The van der Waals surface area contributed by atoms with Crippen molar-refractivity contribution in [2.45, 2.75) is 45.7 Å². The molecule has 0 radical (unpaired) electrons. The van der Waals surface area contributed by atoms with E-state index in [0.29, 0.717) is 13.0 Å². The fourth-order valence-corrected chi connectivity index (χ4v) is 3.16. The molecule has 1 amide bonds. The Labute approximate surface area is 140 Å². The summed E-state index contributed by atoms with van der Waals surface area (Å²) in [7, 11) is 1.65. The van der Waals surface area contributed by atoms with Gasteiger partial charge in [0.05, 0.1) is 17.9 Å². The number of rotatable bonds is 4. The molecule has 0 aliphatic heterocycles. The van der Waals surface area contributed by atoms with E-state index in [0.717, 1.165) is 29.8 Å². The van der Waals surface area contributed by atoms with Gasteiger partial charge in [-0.05, 0) is 44.7 Å². The summed E-state index contributed by atoms with van der Waals surface area (Å²) in [5.74, 6) is -0.0640. The average molecular weight is 329 g/mol. The van der Waals surface area contributed by atoms with Crippen LogP contribution in [0.4, 0.5) is 0 Å². The molecule has 7 heteroatoms. The highest BCUT2D eigenvalue weighted by atomic mass is 16.2. The van der Waals surface area contributed by atoms with E-state index in [1.807, 2.05) is 30.8 Å². The molecule has 2 aromatic heterocycles. The highest BCUT2D eigenvalue weighted by molar-refractivity contribution is 5.79. The summed E-state index contributed by atoms with van der Waals surface area (Å²) in [5.41, 5.74) is 2.67. The molecule has 2 unspecified atom stereocenters. The van der Waals surface area contributed by atoms with Gasteiger partial charge in [0.15, 0.2) is 0 Å². The zero-order valence-corrected chi connectivity index (χ0v) is 14.3. The molecule has 0 saturated heterocycles. The first-order valence-electron chi connectivity index (χ1n) is 8.29. The number of hydrogen-bond acceptors (Lipinski definition) is 4. The van der Waals surface area contributed by atoms with E-state index in [1.54, 1.807) is 13.1 Å². The lowest BCUT2D eigenvalue weighted by atomic mass is 9.86. The van der Waals surface area contributed by atoms with Crippen LogP contribution in [0.15, 0.2) is 23.1 Å². The highest BCUT2D eigenvalue weighted by Crippen LogP contribution is 2.23. The van der Waals surface area contributed by atoms with Crippen LogP contribution in [0.5, 0.6) is 0 Å². The molecule has 3 rings (SSSR count). The third-order valence-electron chi connectivity index (χ3n) is 4.45. The van der Waals surface area contributed by atoms with Gasteiger partial charge in [-0.15, -0.1) is 0 Å². The second-order valence-electron chi connectivity index (χ2n) is 6.61. The van der Waals surface area contributed by atoms with E-state index in [-0.39, 0.29) is 23.4 Å². The Balaban J connectivity index is 1.61. The van der Waals surface area contributed by atoms with Crippen molar-refractivity contribution in [3.05, 3.63) is 45.6 Å². The number of aryl methyl sites for hydroxylation is 3. The molecule has 0 spiro atoms. The molecule has 0 fully saturated rings. The van der Waals surface area contributed by atoms with Crippen molar-refractivity contribution in [3.8, 4) is 0 Å². The average Bonchev–Trinajstić information content (AvgIpc) is 2.92. The lowest BCUT2D eigenvalue weighted by molar-refractivity contribution is -0.126. The Bertz CT molecular complexity index is 808. The number of nitrogens with zero attached hydrogens (tertiary/aromatic N) is 4. The molecule has 1 aliphatic rings. The summed E-state index contributed by atoms with van der Waals surface area (Å²) in [6.45, 7) is 4.56. The second-order valence-corrected chi connectivity index (χ2v) is 6.61. The van der Waals surface area contributed by atoms with E-state index < -0.39 is 0 Å². The van der Waals surface area contributed by atoms with Gasteiger partial charge in [-0.2, -0.15) is 10.2 Å². The Morgan fingerprint density at radius 1 is 1.46 bits per heavy atom. The number of carbonyl (C=O) groups excluding carboxylic acids is 1. The highest BCUT2D eigenvalue weighted by Gasteiger charge is 2.27. The number of aromatic nitrogens is 4. The maximum absolute atomic E-state index is 12.5. The van der Waals surface area contributed by atoms with Crippen LogP contribution in [-0.2, 0) is 31.2 Å². The quantitative estimate of drug-likeness (QED) is 0.890. The smallest absolute Gasteiger partial charge is 0.266 e. The zero-order valence-electron chi connectivity index (χ0n) is 14.3. The molecule has 1 N–H and O–H groups in total. The van der Waals surface area contributed by atoms with Crippen LogP contribution in [0.25, 0.3) is 0 Å². The molecule has 24 heavy (non-hydrogen) atoms. The lowest BCUT2D eigenvalue weighted by Gasteiger charge is -2.25. The van der Waals surface area contributed by atoms with Gasteiger partial charge in [0, 0.05) is 31.3 Å². The van der Waals surface area contributed by atoms with Crippen molar-refractivity contribution in [1.82, 2.24) is 24.9 Å². The third kappa shape index (κ3) is 3.55. The summed E-state index contributed by atoms with van der Waals surface area (Å²) in [6.07, 6.45) is 3.99. The summed E-state index contributed by atoms with van der Waals surface area (Å²) in [6, 6.07) is 3.55. The molecule has 7 nitrogen and oxygen atoms in total. The molecule has 128 valence electrons. The predicted molar refractivity (Wildman–Crippen MR) is 89.6 cm³/mol. The third-order valence-corrected chi connectivity index (χ3v) is 4.45. The minimum absolute atomic E-state index is 0.0000326. The number of nitrogens with one attached hydrogen (secondary N) is 1. The van der Waals surface area contributed by atoms with Crippen molar-refractivity contribution in [2.24, 2.45) is 13.0 Å². The van der Waals surface area contributed by atoms with Gasteiger partial charge in [-0.3, -0.25) is 14.3 Å². The van der Waals surface area contributed by atoms with Gasteiger partial charge in [-0.1, -0.05) is 0 Å². The Morgan fingerprint density at radius 2 is 2.25 bits per heavy atom. The van der Waals surface area contributed by atoms with E-state index in [1.165, 1.54) is 4.68 Å². The summed E-state index contributed by atoms with van der Waals surface area (Å²) in [5, 5.41) is 11.7. The summed E-state index contributed by atoms with van der Waals surface area (Å²) >= 11 is 0. The Morgan fingerprint density at radius 3 is 2.96 bits per heavy atom. The van der Waals surface area contributed by atoms with Crippen molar-refractivity contribution < 1.29 is 4.79 Å². The van der Waals surface area contributed by atoms with E-state index >= 15 is 0 Å². The number of carbonyl (C=O) groups is 1. The van der Waals surface area contributed by atoms with E-state index in [9.17, 15) is 9.59 Å². The van der Waals surface area contributed by atoms with Crippen LogP contribution in [0.1, 0.15) is 30.3 Å². The van der Waals surface area contributed by atoms with Gasteiger partial charge in [-0.25, -0.2) is 4.68 Å². The molecular formula is C17H23N5O2. The van der Waals surface area contributed by atoms with Crippen LogP contribution in [0.3, 0.4) is 0 Å². The minimum Gasteiger partial charge on any atom is -0.352 e. The SMILES string of the molecule is Cc1ccn(CC(C)NC(=O)C2CCc3nn(C)c(=O)cc3C2)n1. The standard InChI is InChI=1S/C17H23N5O2/c1-11-6-7-22(19-11)10-12(2)18-17(24)13-4-5-15-14(8-13)9-16(23)21(3)20-15/h6-7,9,12-13H,4-5,8,10H2,1-3H3,(H,18,24). The molecule has 2 heterocycles. The van der Waals surface area contributed by atoms with Crippen LogP contribution in [-0.4, -0.2) is 31.5 Å². The van der Waals surface area contributed by atoms with Crippen molar-refractivity contribution in [3.63, 3.8) is 0 Å². The first kappa shape index (κ1) is 16.4. The minimum atomic E-state index is -0.128. The molecule has 0 aromatic carbocycles. The van der Waals surface area contributed by atoms with Gasteiger partial charge in [0.1, 0.15) is 0 Å². The largest absolute Gasteiger partial charge is 0.352 e. The molecule has 1 aliphatic carbocycles. The number of hydrogen-bond donors (Lipinski definition) is 1. The van der Waals surface area contributed by atoms with E-state index in [4.69, 9.17) is 0 Å². The fourth-order valence-electron chi connectivity index (χ4n) is 3.16. The molecule has 0 saturated carbocycles. The van der Waals surface area contributed by atoms with Gasteiger partial charge in [0.25, 0.3) is 5.56 Å². The van der Waals surface area contributed by atoms with Crippen LogP contribution in [0, 0.1) is 12.8 Å².